The van der Waals surface area contributed by atoms with Crippen molar-refractivity contribution in [2.24, 2.45) is 0 Å². The van der Waals surface area contributed by atoms with Crippen LogP contribution < -0.4 is 0 Å². The molecule has 4 rings (SSSR count). The number of halogens is 1. The first-order valence-electron chi connectivity index (χ1n) is 9.37. The van der Waals surface area contributed by atoms with Crippen molar-refractivity contribution < 1.29 is 4.79 Å². The summed E-state index contributed by atoms with van der Waals surface area (Å²) in [7, 11) is 0. The number of carbonyl (C=O) groups excluding carboxylic acids is 1. The van der Waals surface area contributed by atoms with Crippen molar-refractivity contribution in [3.8, 4) is 0 Å². The minimum Gasteiger partial charge on any atom is -0.349 e. The zero-order valence-corrected chi connectivity index (χ0v) is 16.1. The molecule has 1 aliphatic rings. The summed E-state index contributed by atoms with van der Waals surface area (Å²) in [6.07, 6.45) is 3.01. The molecular formula is C23H23ClN2O. The first-order chi connectivity index (χ1) is 13.2. The Hall–Kier alpha value is -2.52. The molecule has 0 fully saturated rings. The molecule has 2 atom stereocenters. The van der Waals surface area contributed by atoms with E-state index in [2.05, 4.69) is 42.0 Å². The number of benzene rings is 2. The third kappa shape index (κ3) is 3.40. The van der Waals surface area contributed by atoms with Gasteiger partial charge in [0.1, 0.15) is 5.38 Å². The molecule has 3 nitrogen and oxygen atoms in total. The van der Waals surface area contributed by atoms with Gasteiger partial charge in [0, 0.05) is 25.0 Å². The predicted octanol–water partition coefficient (Wildman–Crippen LogP) is 5.10. The van der Waals surface area contributed by atoms with Gasteiger partial charge in [-0.25, -0.2) is 0 Å². The second kappa shape index (κ2) is 7.61. The van der Waals surface area contributed by atoms with Crippen LogP contribution in [0.4, 0.5) is 0 Å². The second-order valence-electron chi connectivity index (χ2n) is 7.04. The molecule has 0 bridgehead atoms. The molecule has 2 aromatic carbocycles. The van der Waals surface area contributed by atoms with Crippen LogP contribution in [0.25, 0.3) is 0 Å². The van der Waals surface area contributed by atoms with Crippen molar-refractivity contribution in [2.45, 2.75) is 31.3 Å². The Labute approximate surface area is 165 Å². The number of rotatable bonds is 3. The number of alkyl halides is 1. The fourth-order valence-electron chi connectivity index (χ4n) is 3.95. The zero-order chi connectivity index (χ0) is 18.8. The summed E-state index contributed by atoms with van der Waals surface area (Å²) in [5, 5.41) is -0.681. The van der Waals surface area contributed by atoms with Crippen molar-refractivity contribution in [2.75, 3.05) is 6.54 Å². The summed E-state index contributed by atoms with van der Waals surface area (Å²) in [6.45, 7) is 3.70. The molecule has 1 aromatic heterocycles. The van der Waals surface area contributed by atoms with Crippen molar-refractivity contribution in [1.29, 1.82) is 0 Å². The lowest BCUT2D eigenvalue weighted by Crippen LogP contribution is -2.38. The smallest absolute Gasteiger partial charge is 0.246 e. The number of hydrogen-bond acceptors (Lipinski definition) is 1. The Morgan fingerprint density at radius 1 is 1.00 bits per heavy atom. The van der Waals surface area contributed by atoms with Crippen LogP contribution in [0.5, 0.6) is 0 Å². The van der Waals surface area contributed by atoms with Gasteiger partial charge in [0.2, 0.25) is 5.91 Å². The summed E-state index contributed by atoms with van der Waals surface area (Å²) < 4.78 is 2.26. The van der Waals surface area contributed by atoms with E-state index in [1.54, 1.807) is 0 Å². The molecule has 1 aliphatic heterocycles. The highest BCUT2D eigenvalue weighted by molar-refractivity contribution is 6.30. The van der Waals surface area contributed by atoms with Gasteiger partial charge in [-0.3, -0.25) is 4.79 Å². The molecule has 0 saturated carbocycles. The molecule has 0 aliphatic carbocycles. The molecule has 0 N–H and O–H groups in total. The highest BCUT2D eigenvalue weighted by Crippen LogP contribution is 2.36. The third-order valence-corrected chi connectivity index (χ3v) is 5.77. The lowest BCUT2D eigenvalue weighted by Gasteiger charge is -2.33. The van der Waals surface area contributed by atoms with Crippen LogP contribution in [0.3, 0.4) is 0 Å². The van der Waals surface area contributed by atoms with E-state index >= 15 is 0 Å². The van der Waals surface area contributed by atoms with Crippen LogP contribution in [-0.2, 0) is 11.3 Å². The molecule has 0 saturated heterocycles. The number of fused-ring (bicyclic) bond motifs is 1. The van der Waals surface area contributed by atoms with Gasteiger partial charge in [0.15, 0.2) is 0 Å². The molecule has 4 heteroatoms. The largest absolute Gasteiger partial charge is 0.349 e. The van der Waals surface area contributed by atoms with Crippen LogP contribution in [0.15, 0.2) is 72.9 Å². The number of nitrogens with zero attached hydrogens (tertiary/aromatic N) is 2. The Bertz CT molecular complexity index is 934. The summed E-state index contributed by atoms with van der Waals surface area (Å²) >= 11 is 6.64. The van der Waals surface area contributed by atoms with Gasteiger partial charge in [-0.15, -0.1) is 11.6 Å². The third-order valence-electron chi connectivity index (χ3n) is 5.33. The van der Waals surface area contributed by atoms with E-state index in [-0.39, 0.29) is 11.9 Å². The number of carbonyl (C=O) groups is 1. The van der Waals surface area contributed by atoms with Gasteiger partial charge < -0.3 is 9.47 Å². The van der Waals surface area contributed by atoms with Gasteiger partial charge in [0.05, 0.1) is 6.04 Å². The first-order valence-corrected chi connectivity index (χ1v) is 9.80. The monoisotopic (exact) mass is 378 g/mol. The molecule has 1 amide bonds. The molecular weight excluding hydrogens is 356 g/mol. The molecule has 2 unspecified atom stereocenters. The Morgan fingerprint density at radius 3 is 2.52 bits per heavy atom. The van der Waals surface area contributed by atoms with Crippen LogP contribution in [0.2, 0.25) is 0 Å². The fourth-order valence-corrected chi connectivity index (χ4v) is 4.22. The molecule has 0 spiro atoms. The van der Waals surface area contributed by atoms with E-state index in [1.807, 2.05) is 47.4 Å². The van der Waals surface area contributed by atoms with Crippen LogP contribution in [0.1, 0.15) is 40.2 Å². The summed E-state index contributed by atoms with van der Waals surface area (Å²) in [5.41, 5.74) is 4.32. The summed E-state index contributed by atoms with van der Waals surface area (Å²) in [5.74, 6) is -0.0363. The van der Waals surface area contributed by atoms with Gasteiger partial charge in [0.25, 0.3) is 0 Å². The second-order valence-corrected chi connectivity index (χ2v) is 7.48. The van der Waals surface area contributed by atoms with Crippen LogP contribution in [-0.4, -0.2) is 21.9 Å². The average Bonchev–Trinajstić information content (AvgIpc) is 3.08. The Kier molecular flexibility index (Phi) is 5.04. The van der Waals surface area contributed by atoms with E-state index in [0.717, 1.165) is 29.8 Å². The highest BCUT2D eigenvalue weighted by atomic mass is 35.5. The molecule has 27 heavy (non-hydrogen) atoms. The van der Waals surface area contributed by atoms with E-state index in [0.29, 0.717) is 6.54 Å². The van der Waals surface area contributed by atoms with E-state index < -0.39 is 5.38 Å². The van der Waals surface area contributed by atoms with Gasteiger partial charge in [-0.05, 0) is 42.2 Å². The first kappa shape index (κ1) is 17.9. The maximum Gasteiger partial charge on any atom is 0.246 e. The lowest BCUT2D eigenvalue weighted by atomic mass is 9.96. The number of aryl methyl sites for hydroxylation is 2. The number of hydrogen-bond donors (Lipinski definition) is 0. The maximum atomic E-state index is 13.5. The van der Waals surface area contributed by atoms with Crippen molar-refractivity contribution in [1.82, 2.24) is 9.47 Å². The topological polar surface area (TPSA) is 25.2 Å². The Morgan fingerprint density at radius 2 is 1.74 bits per heavy atom. The lowest BCUT2D eigenvalue weighted by molar-refractivity contribution is -0.132. The fraction of sp³-hybridized carbons (Fsp3) is 0.261. The van der Waals surface area contributed by atoms with Gasteiger partial charge in [-0.2, -0.15) is 0 Å². The van der Waals surface area contributed by atoms with Crippen LogP contribution in [0, 0.1) is 6.92 Å². The minimum absolute atomic E-state index is 0.0363. The standard InChI is InChI=1S/C23H23ClN2O/c1-17-9-5-6-12-19(17)22-20-13-7-14-25(20)15-8-16-26(22)23(27)21(24)18-10-3-2-4-11-18/h2-7,9-14,21-22H,8,15-16H2,1H3. The maximum absolute atomic E-state index is 13.5. The SMILES string of the molecule is Cc1ccccc1C1c2cccn2CCCN1C(=O)C(Cl)c1ccccc1. The summed E-state index contributed by atoms with van der Waals surface area (Å²) in [4.78, 5) is 15.4. The van der Waals surface area contributed by atoms with Crippen molar-refractivity contribution in [3.63, 3.8) is 0 Å². The van der Waals surface area contributed by atoms with Gasteiger partial charge in [-0.1, -0.05) is 54.6 Å². The highest BCUT2D eigenvalue weighted by Gasteiger charge is 2.34. The zero-order valence-electron chi connectivity index (χ0n) is 15.4. The van der Waals surface area contributed by atoms with Crippen molar-refractivity contribution >= 4 is 17.5 Å². The van der Waals surface area contributed by atoms with Crippen molar-refractivity contribution in [3.05, 3.63) is 95.3 Å². The molecule has 138 valence electrons. The van der Waals surface area contributed by atoms with Gasteiger partial charge >= 0.3 is 0 Å². The van der Waals surface area contributed by atoms with E-state index in [1.165, 1.54) is 5.56 Å². The minimum atomic E-state index is -0.681. The molecule has 3 aromatic rings. The quantitative estimate of drug-likeness (QED) is 0.582. The molecule has 0 radical (unpaired) electrons. The van der Waals surface area contributed by atoms with E-state index in [9.17, 15) is 4.79 Å². The Balaban J connectivity index is 1.78. The number of amides is 1. The average molecular weight is 379 g/mol. The molecule has 2 heterocycles. The normalized spacial score (nSPS) is 17.9. The number of aromatic nitrogens is 1. The summed E-state index contributed by atoms with van der Waals surface area (Å²) in [6, 6.07) is 22.0. The van der Waals surface area contributed by atoms with Crippen LogP contribution >= 0.6 is 11.6 Å². The predicted molar refractivity (Wildman–Crippen MR) is 109 cm³/mol. The van der Waals surface area contributed by atoms with E-state index in [4.69, 9.17) is 11.6 Å².